The van der Waals surface area contributed by atoms with Gasteiger partial charge < -0.3 is 9.84 Å². The van der Waals surface area contributed by atoms with E-state index in [0.29, 0.717) is 4.47 Å². The van der Waals surface area contributed by atoms with Gasteiger partial charge in [-0.3, -0.25) is 4.98 Å². The molecular formula is C10H6BrN3O3. The maximum Gasteiger partial charge on any atom is 0.339 e. The van der Waals surface area contributed by atoms with E-state index in [0.717, 1.165) is 0 Å². The summed E-state index contributed by atoms with van der Waals surface area (Å²) in [6.45, 7) is 0. The minimum Gasteiger partial charge on any atom is -0.478 e. The molecule has 17 heavy (non-hydrogen) atoms. The number of aromatic carboxylic acids is 1. The van der Waals surface area contributed by atoms with Crippen LogP contribution in [0.1, 0.15) is 10.4 Å². The van der Waals surface area contributed by atoms with E-state index in [9.17, 15) is 4.79 Å². The van der Waals surface area contributed by atoms with Crippen molar-refractivity contribution < 1.29 is 14.6 Å². The van der Waals surface area contributed by atoms with Crippen LogP contribution in [0.15, 0.2) is 35.5 Å². The summed E-state index contributed by atoms with van der Waals surface area (Å²) in [5, 5.41) is 8.96. The Morgan fingerprint density at radius 1 is 1.35 bits per heavy atom. The highest BCUT2D eigenvalue weighted by atomic mass is 79.9. The number of hydrogen-bond donors (Lipinski definition) is 1. The molecule has 1 N–H and O–H groups in total. The number of ether oxygens (including phenoxy) is 1. The van der Waals surface area contributed by atoms with E-state index in [1.165, 1.54) is 31.0 Å². The van der Waals surface area contributed by atoms with Gasteiger partial charge in [-0.15, -0.1) is 0 Å². The molecule has 0 aliphatic rings. The van der Waals surface area contributed by atoms with Crippen molar-refractivity contribution in [2.45, 2.75) is 0 Å². The molecular weight excluding hydrogens is 290 g/mol. The molecule has 0 spiro atoms. The lowest BCUT2D eigenvalue weighted by atomic mass is 10.2. The second kappa shape index (κ2) is 4.88. The van der Waals surface area contributed by atoms with Crippen molar-refractivity contribution in [1.82, 2.24) is 15.0 Å². The van der Waals surface area contributed by atoms with Crippen molar-refractivity contribution in [1.29, 1.82) is 0 Å². The van der Waals surface area contributed by atoms with Gasteiger partial charge in [0.2, 0.25) is 5.88 Å². The smallest absolute Gasteiger partial charge is 0.339 e. The van der Waals surface area contributed by atoms with Crippen LogP contribution in [-0.4, -0.2) is 26.0 Å². The normalized spacial score (nSPS) is 9.94. The van der Waals surface area contributed by atoms with Crippen LogP contribution in [0.2, 0.25) is 0 Å². The summed E-state index contributed by atoms with van der Waals surface area (Å²) in [5.41, 5.74) is 0.0190. The van der Waals surface area contributed by atoms with Gasteiger partial charge in [0.05, 0.1) is 10.7 Å². The van der Waals surface area contributed by atoms with E-state index in [1.807, 2.05) is 0 Å². The number of pyridine rings is 1. The summed E-state index contributed by atoms with van der Waals surface area (Å²) >= 11 is 3.20. The zero-order valence-electron chi connectivity index (χ0n) is 8.37. The van der Waals surface area contributed by atoms with Crippen LogP contribution < -0.4 is 4.74 Å². The van der Waals surface area contributed by atoms with Gasteiger partial charge in [0, 0.05) is 12.4 Å². The second-order valence-electron chi connectivity index (χ2n) is 2.95. The Morgan fingerprint density at radius 3 is 2.88 bits per heavy atom. The lowest BCUT2D eigenvalue weighted by Gasteiger charge is -2.07. The van der Waals surface area contributed by atoms with E-state index < -0.39 is 5.97 Å². The molecule has 0 atom stereocenters. The highest BCUT2D eigenvalue weighted by Gasteiger charge is 2.13. The fraction of sp³-hybridized carbons (Fsp3) is 0. The number of nitrogens with zero attached hydrogens (tertiary/aromatic N) is 3. The SMILES string of the molecule is O=C(O)c1ccncc1Oc1ncncc1Br. The standard InChI is InChI=1S/C10H6BrN3O3/c11-7-3-13-5-14-9(7)17-8-4-12-2-1-6(8)10(15)16/h1-5H,(H,15,16). The van der Waals surface area contributed by atoms with Gasteiger partial charge in [-0.05, 0) is 22.0 Å². The largest absolute Gasteiger partial charge is 0.478 e. The molecule has 0 aliphatic heterocycles. The molecule has 0 aliphatic carbocycles. The number of hydrogen-bond acceptors (Lipinski definition) is 5. The predicted octanol–water partition coefficient (Wildman–Crippen LogP) is 2.12. The monoisotopic (exact) mass is 295 g/mol. The third kappa shape index (κ3) is 2.56. The molecule has 6 nitrogen and oxygen atoms in total. The first-order chi connectivity index (χ1) is 8.18. The lowest BCUT2D eigenvalue weighted by Crippen LogP contribution is -2.01. The van der Waals surface area contributed by atoms with Gasteiger partial charge in [0.15, 0.2) is 5.75 Å². The van der Waals surface area contributed by atoms with Crippen molar-refractivity contribution in [3.05, 3.63) is 41.0 Å². The molecule has 7 heteroatoms. The molecule has 2 aromatic heterocycles. The molecule has 0 saturated carbocycles. The summed E-state index contributed by atoms with van der Waals surface area (Å²) in [4.78, 5) is 22.4. The average molecular weight is 296 g/mol. The Balaban J connectivity index is 2.37. The zero-order chi connectivity index (χ0) is 12.3. The molecule has 0 amide bonds. The highest BCUT2D eigenvalue weighted by Crippen LogP contribution is 2.27. The first-order valence-electron chi connectivity index (χ1n) is 4.49. The second-order valence-corrected chi connectivity index (χ2v) is 3.81. The van der Waals surface area contributed by atoms with Crippen LogP contribution in [0.3, 0.4) is 0 Å². The van der Waals surface area contributed by atoms with Crippen molar-refractivity contribution in [3.8, 4) is 11.6 Å². The molecule has 0 bridgehead atoms. The molecule has 0 aromatic carbocycles. The minimum atomic E-state index is -1.09. The number of carbonyl (C=O) groups is 1. The van der Waals surface area contributed by atoms with Crippen LogP contribution >= 0.6 is 15.9 Å². The zero-order valence-corrected chi connectivity index (χ0v) is 9.96. The molecule has 0 radical (unpaired) electrons. The number of carboxylic acid groups (broad SMARTS) is 1. The van der Waals surface area contributed by atoms with Crippen LogP contribution in [0.5, 0.6) is 11.6 Å². The average Bonchev–Trinajstić information content (AvgIpc) is 2.32. The quantitative estimate of drug-likeness (QED) is 0.933. The summed E-state index contributed by atoms with van der Waals surface area (Å²) in [6.07, 6.45) is 5.50. The van der Waals surface area contributed by atoms with Gasteiger partial charge in [-0.25, -0.2) is 14.8 Å². The van der Waals surface area contributed by atoms with E-state index in [2.05, 4.69) is 30.9 Å². The maximum absolute atomic E-state index is 10.9. The van der Waals surface area contributed by atoms with E-state index in [-0.39, 0.29) is 17.2 Å². The van der Waals surface area contributed by atoms with Gasteiger partial charge in [-0.1, -0.05) is 0 Å². The number of carboxylic acids is 1. The fourth-order valence-electron chi connectivity index (χ4n) is 1.12. The summed E-state index contributed by atoms with van der Waals surface area (Å²) in [7, 11) is 0. The number of halogens is 1. The fourth-order valence-corrected chi connectivity index (χ4v) is 1.42. The molecule has 2 rings (SSSR count). The molecule has 0 saturated heterocycles. The molecule has 86 valence electrons. The summed E-state index contributed by atoms with van der Waals surface area (Å²) in [5.74, 6) is -0.734. The van der Waals surface area contributed by atoms with Gasteiger partial charge >= 0.3 is 5.97 Å². The summed E-state index contributed by atoms with van der Waals surface area (Å²) < 4.78 is 5.89. The first kappa shape index (κ1) is 11.5. The Kier molecular flexibility index (Phi) is 3.29. The Bertz CT molecular complexity index is 562. The maximum atomic E-state index is 10.9. The molecule has 2 heterocycles. The Labute approximate surface area is 104 Å². The molecule has 2 aromatic rings. The predicted molar refractivity (Wildman–Crippen MR) is 61.0 cm³/mol. The van der Waals surface area contributed by atoms with Crippen LogP contribution in [0, 0.1) is 0 Å². The third-order valence-corrected chi connectivity index (χ3v) is 2.40. The number of rotatable bonds is 3. The topological polar surface area (TPSA) is 85.2 Å². The molecule has 0 fully saturated rings. The third-order valence-electron chi connectivity index (χ3n) is 1.86. The van der Waals surface area contributed by atoms with Crippen molar-refractivity contribution in [3.63, 3.8) is 0 Å². The van der Waals surface area contributed by atoms with Gasteiger partial charge in [0.25, 0.3) is 0 Å². The number of aromatic nitrogens is 3. The minimum absolute atomic E-state index is 0.0190. The highest BCUT2D eigenvalue weighted by molar-refractivity contribution is 9.10. The van der Waals surface area contributed by atoms with Crippen LogP contribution in [0.4, 0.5) is 0 Å². The van der Waals surface area contributed by atoms with E-state index >= 15 is 0 Å². The van der Waals surface area contributed by atoms with E-state index in [4.69, 9.17) is 9.84 Å². The van der Waals surface area contributed by atoms with Crippen LogP contribution in [-0.2, 0) is 0 Å². The molecule has 0 unspecified atom stereocenters. The Morgan fingerprint density at radius 2 is 2.18 bits per heavy atom. The lowest BCUT2D eigenvalue weighted by molar-refractivity contribution is 0.0694. The van der Waals surface area contributed by atoms with Crippen LogP contribution in [0.25, 0.3) is 0 Å². The first-order valence-corrected chi connectivity index (χ1v) is 5.28. The van der Waals surface area contributed by atoms with Gasteiger partial charge in [-0.2, -0.15) is 0 Å². The van der Waals surface area contributed by atoms with Crippen molar-refractivity contribution >= 4 is 21.9 Å². The Hall–Kier alpha value is -2.02. The van der Waals surface area contributed by atoms with Crippen molar-refractivity contribution in [2.75, 3.05) is 0 Å². The van der Waals surface area contributed by atoms with E-state index in [1.54, 1.807) is 0 Å². The van der Waals surface area contributed by atoms with Gasteiger partial charge in [0.1, 0.15) is 11.9 Å². The summed E-state index contributed by atoms with van der Waals surface area (Å²) in [6, 6.07) is 1.35. The van der Waals surface area contributed by atoms with Crippen molar-refractivity contribution in [2.24, 2.45) is 0 Å².